The van der Waals surface area contributed by atoms with E-state index in [0.29, 0.717) is 5.56 Å². The minimum atomic E-state index is -0.731. The first-order valence-corrected chi connectivity index (χ1v) is 9.27. The molecule has 0 atom stereocenters. The van der Waals surface area contributed by atoms with Crippen LogP contribution in [0, 0.1) is 5.82 Å². The molecule has 3 aromatic rings. The molecule has 0 radical (unpaired) electrons. The molecule has 0 spiro atoms. The summed E-state index contributed by atoms with van der Waals surface area (Å²) in [6.07, 6.45) is 0. The van der Waals surface area contributed by atoms with E-state index in [9.17, 15) is 23.6 Å². The zero-order chi connectivity index (χ0) is 23.3. The number of anilines is 1. The molecule has 0 aliphatic rings. The van der Waals surface area contributed by atoms with Crippen LogP contribution in [0.2, 0.25) is 0 Å². The molecule has 0 aliphatic carbocycles. The van der Waals surface area contributed by atoms with Crippen molar-refractivity contribution >= 4 is 23.5 Å². The summed E-state index contributed by atoms with van der Waals surface area (Å²) in [6, 6.07) is 11.8. The molecule has 0 saturated carbocycles. The normalized spacial score (nSPS) is 10.3. The summed E-state index contributed by atoms with van der Waals surface area (Å²) < 4.78 is 23.5. The van der Waals surface area contributed by atoms with Gasteiger partial charge in [-0.25, -0.2) is 18.7 Å². The van der Waals surface area contributed by atoms with Gasteiger partial charge in [-0.2, -0.15) is 5.10 Å². The highest BCUT2D eigenvalue weighted by molar-refractivity contribution is 6.08. The number of amides is 1. The van der Waals surface area contributed by atoms with Gasteiger partial charge in [0, 0.05) is 6.07 Å². The highest BCUT2D eigenvalue weighted by Gasteiger charge is 2.19. The molecule has 10 heteroatoms. The van der Waals surface area contributed by atoms with Gasteiger partial charge in [0.1, 0.15) is 11.5 Å². The van der Waals surface area contributed by atoms with Gasteiger partial charge in [0.2, 0.25) is 0 Å². The number of carbonyl (C=O) groups excluding carboxylic acids is 3. The highest BCUT2D eigenvalue weighted by Crippen LogP contribution is 2.20. The number of benzene rings is 2. The molecule has 0 aliphatic heterocycles. The number of aromatic nitrogens is 2. The summed E-state index contributed by atoms with van der Waals surface area (Å²) in [5.41, 5.74) is 0.137. The number of carbonyl (C=O) groups is 3. The van der Waals surface area contributed by atoms with Crippen LogP contribution in [0.15, 0.2) is 59.4 Å². The average molecular weight is 439 g/mol. The van der Waals surface area contributed by atoms with Crippen molar-refractivity contribution in [1.82, 2.24) is 9.78 Å². The number of ether oxygens (including phenoxy) is 2. The zero-order valence-electron chi connectivity index (χ0n) is 17.1. The lowest BCUT2D eigenvalue weighted by Gasteiger charge is -2.12. The minimum absolute atomic E-state index is 0.00262. The molecular weight excluding hydrogens is 421 g/mol. The zero-order valence-corrected chi connectivity index (χ0v) is 17.1. The first kappa shape index (κ1) is 22.3. The number of nitrogens with one attached hydrogen (secondary N) is 1. The van der Waals surface area contributed by atoms with Gasteiger partial charge in [-0.3, -0.25) is 9.59 Å². The first-order valence-electron chi connectivity index (χ1n) is 9.27. The van der Waals surface area contributed by atoms with Crippen LogP contribution >= 0.6 is 0 Å². The van der Waals surface area contributed by atoms with Gasteiger partial charge >= 0.3 is 11.9 Å². The van der Waals surface area contributed by atoms with Crippen LogP contribution in [0.25, 0.3) is 0 Å². The van der Waals surface area contributed by atoms with E-state index in [-0.39, 0.29) is 29.1 Å². The van der Waals surface area contributed by atoms with E-state index < -0.39 is 29.2 Å². The van der Waals surface area contributed by atoms with Gasteiger partial charge in [-0.15, -0.1) is 0 Å². The fourth-order valence-corrected chi connectivity index (χ4v) is 2.81. The summed E-state index contributed by atoms with van der Waals surface area (Å²) >= 11 is 0. The third-order valence-electron chi connectivity index (χ3n) is 4.44. The van der Waals surface area contributed by atoms with E-state index in [2.05, 4.69) is 15.2 Å². The summed E-state index contributed by atoms with van der Waals surface area (Å²) in [7, 11) is 2.37. The number of esters is 2. The van der Waals surface area contributed by atoms with Crippen molar-refractivity contribution in [3.63, 3.8) is 0 Å². The number of hydrogen-bond donors (Lipinski definition) is 1. The molecule has 0 saturated heterocycles. The maximum Gasteiger partial charge on any atom is 0.339 e. The Hall–Kier alpha value is -4.34. The molecule has 0 fully saturated rings. The minimum Gasteiger partial charge on any atom is -0.465 e. The summed E-state index contributed by atoms with van der Waals surface area (Å²) in [4.78, 5) is 48.8. The van der Waals surface area contributed by atoms with Crippen molar-refractivity contribution in [3.05, 3.63) is 93.2 Å². The molecule has 1 N–H and O–H groups in total. The summed E-state index contributed by atoms with van der Waals surface area (Å²) in [6.45, 7) is 0.0193. The number of methoxy groups -OCH3 is 2. The summed E-state index contributed by atoms with van der Waals surface area (Å²) in [5.74, 6) is -2.54. The lowest BCUT2D eigenvalue weighted by Crippen LogP contribution is -2.27. The fraction of sp³-hybridized carbons (Fsp3) is 0.136. The van der Waals surface area contributed by atoms with Crippen molar-refractivity contribution in [3.8, 4) is 0 Å². The molecule has 1 amide bonds. The van der Waals surface area contributed by atoms with E-state index in [0.717, 1.165) is 10.7 Å². The maximum atomic E-state index is 13.1. The molecule has 1 heterocycles. The maximum absolute atomic E-state index is 13.1. The van der Waals surface area contributed by atoms with Crippen molar-refractivity contribution in [2.45, 2.75) is 6.54 Å². The third kappa shape index (κ3) is 5.04. The second kappa shape index (κ2) is 9.65. The lowest BCUT2D eigenvalue weighted by molar-refractivity contribution is 0.0587. The largest absolute Gasteiger partial charge is 0.465 e. The number of hydrogen-bond acceptors (Lipinski definition) is 7. The molecule has 3 rings (SSSR count). The SMILES string of the molecule is COC(=O)c1ccc(C(=O)OC)c(NC(=O)c2ccc(=O)n(Cc3ccc(F)cc3)n2)c1. The van der Waals surface area contributed by atoms with Crippen LogP contribution in [0.4, 0.5) is 10.1 Å². The van der Waals surface area contributed by atoms with E-state index in [4.69, 9.17) is 4.74 Å². The predicted octanol–water partition coefficient (Wildman–Crippen LogP) is 2.26. The van der Waals surface area contributed by atoms with Crippen LogP contribution in [0.3, 0.4) is 0 Å². The Morgan fingerprint density at radius 2 is 1.66 bits per heavy atom. The Kier molecular flexibility index (Phi) is 6.74. The Morgan fingerprint density at radius 1 is 0.969 bits per heavy atom. The first-order chi connectivity index (χ1) is 15.3. The Morgan fingerprint density at radius 3 is 2.31 bits per heavy atom. The summed E-state index contributed by atoms with van der Waals surface area (Å²) in [5, 5.41) is 6.55. The van der Waals surface area contributed by atoms with E-state index in [1.54, 1.807) is 0 Å². The second-order valence-electron chi connectivity index (χ2n) is 6.54. The van der Waals surface area contributed by atoms with E-state index in [1.807, 2.05) is 0 Å². The fourth-order valence-electron chi connectivity index (χ4n) is 2.81. The smallest absolute Gasteiger partial charge is 0.339 e. The molecular formula is C22H18FN3O6. The number of rotatable bonds is 6. The number of halogens is 1. The van der Waals surface area contributed by atoms with Gasteiger partial charge in [0.05, 0.1) is 37.6 Å². The molecule has 1 aromatic heterocycles. The van der Waals surface area contributed by atoms with Gasteiger partial charge in [-0.05, 0) is 42.0 Å². The molecule has 9 nitrogen and oxygen atoms in total. The quantitative estimate of drug-likeness (QED) is 0.586. The molecule has 32 heavy (non-hydrogen) atoms. The van der Waals surface area contributed by atoms with Crippen LogP contribution in [-0.2, 0) is 16.0 Å². The topological polar surface area (TPSA) is 117 Å². The lowest BCUT2D eigenvalue weighted by atomic mass is 10.1. The van der Waals surface area contributed by atoms with Crippen molar-refractivity contribution in [2.24, 2.45) is 0 Å². The highest BCUT2D eigenvalue weighted by atomic mass is 19.1. The standard InChI is InChI=1S/C22H18FN3O6/c1-31-21(29)14-5-8-16(22(30)32-2)18(11-14)24-20(28)17-9-10-19(27)26(25-17)12-13-3-6-15(23)7-4-13/h3-11H,12H2,1-2H3,(H,24,28). The molecule has 164 valence electrons. The third-order valence-corrected chi connectivity index (χ3v) is 4.44. The molecule has 2 aromatic carbocycles. The molecule has 0 unspecified atom stereocenters. The predicted molar refractivity (Wildman–Crippen MR) is 111 cm³/mol. The molecule has 0 bridgehead atoms. The van der Waals surface area contributed by atoms with E-state index in [1.165, 1.54) is 62.8 Å². The Bertz CT molecular complexity index is 1240. The van der Waals surface area contributed by atoms with Crippen molar-refractivity contribution < 1.29 is 28.2 Å². The average Bonchev–Trinajstić information content (AvgIpc) is 2.80. The van der Waals surface area contributed by atoms with Gasteiger partial charge in [-0.1, -0.05) is 12.1 Å². The van der Waals surface area contributed by atoms with Gasteiger partial charge in [0.15, 0.2) is 0 Å². The Balaban J connectivity index is 1.91. The van der Waals surface area contributed by atoms with Crippen LogP contribution < -0.4 is 10.9 Å². The monoisotopic (exact) mass is 439 g/mol. The van der Waals surface area contributed by atoms with Crippen LogP contribution in [-0.4, -0.2) is 41.8 Å². The van der Waals surface area contributed by atoms with Crippen LogP contribution in [0.1, 0.15) is 36.8 Å². The van der Waals surface area contributed by atoms with Gasteiger partial charge < -0.3 is 14.8 Å². The van der Waals surface area contributed by atoms with Crippen molar-refractivity contribution in [1.29, 1.82) is 0 Å². The van der Waals surface area contributed by atoms with Crippen LogP contribution in [0.5, 0.6) is 0 Å². The second-order valence-corrected chi connectivity index (χ2v) is 6.54. The van der Waals surface area contributed by atoms with Gasteiger partial charge in [0.25, 0.3) is 11.5 Å². The Labute approximate surface area is 181 Å². The number of nitrogens with zero attached hydrogens (tertiary/aromatic N) is 2. The van der Waals surface area contributed by atoms with Crippen molar-refractivity contribution in [2.75, 3.05) is 19.5 Å². The van der Waals surface area contributed by atoms with E-state index >= 15 is 0 Å².